The molecule has 132 valence electrons. The maximum Gasteiger partial charge on any atom is 0.204 e. The van der Waals surface area contributed by atoms with Gasteiger partial charge in [-0.25, -0.2) is 4.99 Å². The largest absolute Gasteiger partial charge is 0.300 e. The van der Waals surface area contributed by atoms with Gasteiger partial charge in [0.05, 0.1) is 21.4 Å². The molecule has 0 bridgehead atoms. The molecule has 4 nitrogen and oxygen atoms in total. The van der Waals surface area contributed by atoms with Gasteiger partial charge in [0.25, 0.3) is 0 Å². The van der Waals surface area contributed by atoms with Crippen LogP contribution in [0.15, 0.2) is 51.9 Å². The molecule has 2 aromatic rings. The average Bonchev–Trinajstić information content (AvgIpc) is 2.54. The van der Waals surface area contributed by atoms with Crippen LogP contribution in [0.1, 0.15) is 20.8 Å². The van der Waals surface area contributed by atoms with E-state index in [0.29, 0.717) is 15.7 Å². The maximum atomic E-state index is 12.7. The Kier molecular flexibility index (Phi) is 6.49. The van der Waals surface area contributed by atoms with Crippen molar-refractivity contribution >= 4 is 62.1 Å². The van der Waals surface area contributed by atoms with Crippen molar-refractivity contribution in [1.82, 2.24) is 5.43 Å². The number of Topliss-reactive ketones (excluding diaryl/α,β-unsaturated/α-hetero) is 1. The Morgan fingerprint density at radius 2 is 1.68 bits per heavy atom. The molecule has 2 N–H and O–H groups in total. The fourth-order valence-corrected chi connectivity index (χ4v) is 2.40. The predicted octanol–water partition coefficient (Wildman–Crippen LogP) is 6.02. The summed E-state index contributed by atoms with van der Waals surface area (Å²) in [5.74, 6) is 0.0528. The lowest BCUT2D eigenvalue weighted by atomic mass is 9.90. The molecule has 0 saturated heterocycles. The Bertz CT molecular complexity index is 799. The maximum absolute atomic E-state index is 12.7. The first-order chi connectivity index (χ1) is 11.7. The van der Waals surface area contributed by atoms with Crippen molar-refractivity contribution in [3.8, 4) is 0 Å². The fourth-order valence-electron chi connectivity index (χ4n) is 1.84. The van der Waals surface area contributed by atoms with Gasteiger partial charge in [-0.2, -0.15) is 0 Å². The van der Waals surface area contributed by atoms with Gasteiger partial charge in [0.1, 0.15) is 0 Å². The van der Waals surface area contributed by atoms with Crippen molar-refractivity contribution in [2.45, 2.75) is 20.8 Å². The van der Waals surface area contributed by atoms with Crippen LogP contribution < -0.4 is 10.9 Å². The van der Waals surface area contributed by atoms with Crippen LogP contribution in [0.3, 0.4) is 0 Å². The highest BCUT2D eigenvalue weighted by Gasteiger charge is 2.26. The summed E-state index contributed by atoms with van der Waals surface area (Å²) in [4.78, 5) is 17.1. The van der Waals surface area contributed by atoms with E-state index in [1.807, 2.05) is 45.0 Å². The van der Waals surface area contributed by atoms with Crippen LogP contribution in [0, 0.1) is 5.41 Å². The zero-order valence-electron chi connectivity index (χ0n) is 14.0. The molecule has 0 fully saturated rings. The highest BCUT2D eigenvalue weighted by atomic mass is 79.9. The summed E-state index contributed by atoms with van der Waals surface area (Å²) >= 11 is 15.3. The van der Waals surface area contributed by atoms with E-state index in [9.17, 15) is 4.79 Å². The molecule has 0 saturated carbocycles. The number of carbonyl (C=O) groups excluding carboxylic acids is 1. The predicted molar refractivity (Wildman–Crippen MR) is 109 cm³/mol. The fraction of sp³-hybridized carbons (Fsp3) is 0.222. The minimum Gasteiger partial charge on any atom is -0.300 e. The molecule has 7 heteroatoms. The van der Waals surface area contributed by atoms with Crippen molar-refractivity contribution in [2.24, 2.45) is 10.4 Å². The summed E-state index contributed by atoms with van der Waals surface area (Å²) in [7, 11) is 0. The Morgan fingerprint density at radius 1 is 1.04 bits per heavy atom. The third-order valence-electron chi connectivity index (χ3n) is 3.21. The van der Waals surface area contributed by atoms with Gasteiger partial charge >= 0.3 is 0 Å². The van der Waals surface area contributed by atoms with Crippen LogP contribution in [0.5, 0.6) is 0 Å². The first-order valence-corrected chi connectivity index (χ1v) is 9.08. The molecule has 0 aliphatic rings. The van der Waals surface area contributed by atoms with E-state index >= 15 is 0 Å². The molecule has 0 unspecified atom stereocenters. The normalized spacial score (nSPS) is 12.0. The van der Waals surface area contributed by atoms with Gasteiger partial charge in [-0.1, -0.05) is 59.9 Å². The van der Waals surface area contributed by atoms with E-state index in [1.54, 1.807) is 18.2 Å². The number of nitrogens with one attached hydrogen (secondary N) is 2. The lowest BCUT2D eigenvalue weighted by molar-refractivity contribution is -0.119. The number of hydrogen-bond acceptors (Lipinski definition) is 3. The number of carbonyl (C=O) groups is 1. The highest BCUT2D eigenvalue weighted by molar-refractivity contribution is 9.10. The SMILES string of the molecule is CC(C)(C)C(=O)C(=Nc1ccc(Cl)c(Cl)c1)NNc1ccc(Br)cc1. The topological polar surface area (TPSA) is 53.5 Å². The van der Waals surface area contributed by atoms with Gasteiger partial charge in [0.2, 0.25) is 5.78 Å². The van der Waals surface area contributed by atoms with Gasteiger partial charge < -0.3 is 0 Å². The molecule has 0 aliphatic heterocycles. The van der Waals surface area contributed by atoms with Crippen LogP contribution in [0.4, 0.5) is 11.4 Å². The van der Waals surface area contributed by atoms with Crippen LogP contribution in [0.2, 0.25) is 10.0 Å². The van der Waals surface area contributed by atoms with Crippen molar-refractivity contribution in [2.75, 3.05) is 5.43 Å². The van der Waals surface area contributed by atoms with Gasteiger partial charge in [0.15, 0.2) is 5.84 Å². The molecular weight excluding hydrogens is 425 g/mol. The molecular formula is C18H18BrCl2N3O. The molecule has 2 aromatic carbocycles. The second-order valence-electron chi connectivity index (χ2n) is 6.39. The second-order valence-corrected chi connectivity index (χ2v) is 8.12. The minimum atomic E-state index is -0.594. The molecule has 0 aliphatic carbocycles. The number of amidine groups is 1. The lowest BCUT2D eigenvalue weighted by Crippen LogP contribution is -2.41. The first-order valence-electron chi connectivity index (χ1n) is 7.53. The Labute approximate surface area is 165 Å². The first kappa shape index (κ1) is 19.8. The van der Waals surface area contributed by atoms with Gasteiger partial charge in [-0.3, -0.25) is 15.6 Å². The van der Waals surface area contributed by atoms with E-state index in [4.69, 9.17) is 23.2 Å². The summed E-state index contributed by atoms with van der Waals surface area (Å²) in [5.41, 5.74) is 6.63. The number of nitrogens with zero attached hydrogens (tertiary/aromatic N) is 1. The van der Waals surface area contributed by atoms with Crippen molar-refractivity contribution < 1.29 is 4.79 Å². The van der Waals surface area contributed by atoms with Crippen LogP contribution in [0.25, 0.3) is 0 Å². The minimum absolute atomic E-state index is 0.136. The Morgan fingerprint density at radius 3 is 2.24 bits per heavy atom. The van der Waals surface area contributed by atoms with E-state index in [1.165, 1.54) is 0 Å². The summed E-state index contributed by atoms with van der Waals surface area (Å²) in [6.45, 7) is 5.50. The van der Waals surface area contributed by atoms with E-state index in [2.05, 4.69) is 31.8 Å². The van der Waals surface area contributed by atoms with Crippen molar-refractivity contribution in [3.63, 3.8) is 0 Å². The number of hydrogen-bond donors (Lipinski definition) is 2. The number of anilines is 1. The standard InChI is InChI=1S/C18H18BrCl2N3O/c1-18(2,3)16(25)17(22-13-8-9-14(20)15(21)10-13)24-23-12-6-4-11(19)5-7-12/h4-10,23H,1-3H3,(H,22,24). The molecule has 0 amide bonds. The number of rotatable bonds is 4. The highest BCUT2D eigenvalue weighted by Crippen LogP contribution is 2.27. The molecule has 0 aromatic heterocycles. The quantitative estimate of drug-likeness (QED) is 0.346. The van der Waals surface area contributed by atoms with Crippen LogP contribution >= 0.6 is 39.1 Å². The Hall–Kier alpha value is -1.56. The van der Waals surface area contributed by atoms with Crippen molar-refractivity contribution in [1.29, 1.82) is 0 Å². The molecule has 0 spiro atoms. The number of ketones is 1. The molecule has 2 rings (SSSR count). The number of aliphatic imine (C=N–C) groups is 1. The lowest BCUT2D eigenvalue weighted by Gasteiger charge is -2.20. The summed E-state index contributed by atoms with van der Waals surface area (Å²) in [5, 5.41) is 0.816. The monoisotopic (exact) mass is 441 g/mol. The third kappa shape index (κ3) is 5.73. The molecule has 25 heavy (non-hydrogen) atoms. The zero-order valence-corrected chi connectivity index (χ0v) is 17.1. The van der Waals surface area contributed by atoms with Crippen LogP contribution in [-0.2, 0) is 4.79 Å². The summed E-state index contributed by atoms with van der Waals surface area (Å²) < 4.78 is 0.966. The smallest absolute Gasteiger partial charge is 0.204 e. The second kappa shape index (κ2) is 8.21. The number of halogens is 3. The Balaban J connectivity index is 2.29. The van der Waals surface area contributed by atoms with Gasteiger partial charge in [0, 0.05) is 9.89 Å². The van der Waals surface area contributed by atoms with E-state index < -0.39 is 5.41 Å². The molecule has 0 heterocycles. The van der Waals surface area contributed by atoms with Gasteiger partial charge in [-0.15, -0.1) is 0 Å². The van der Waals surface area contributed by atoms with Crippen LogP contribution in [-0.4, -0.2) is 11.6 Å². The van der Waals surface area contributed by atoms with E-state index in [0.717, 1.165) is 10.2 Å². The summed E-state index contributed by atoms with van der Waals surface area (Å²) in [6.07, 6.45) is 0. The van der Waals surface area contributed by atoms with Crippen molar-refractivity contribution in [3.05, 3.63) is 57.0 Å². The summed E-state index contributed by atoms with van der Waals surface area (Å²) in [6, 6.07) is 12.5. The average molecular weight is 443 g/mol. The third-order valence-corrected chi connectivity index (χ3v) is 4.48. The molecule has 0 atom stereocenters. The van der Waals surface area contributed by atoms with E-state index in [-0.39, 0.29) is 11.6 Å². The number of hydrazine groups is 1. The number of benzene rings is 2. The zero-order chi connectivity index (χ0) is 18.6. The molecule has 0 radical (unpaired) electrons. The van der Waals surface area contributed by atoms with Gasteiger partial charge in [-0.05, 0) is 42.5 Å².